The van der Waals surface area contributed by atoms with E-state index in [9.17, 15) is 10.1 Å². The Morgan fingerprint density at radius 3 is 1.27 bits per heavy atom. The maximum absolute atomic E-state index is 10.4. The quantitative estimate of drug-likeness (QED) is 0.121. The van der Waals surface area contributed by atoms with Gasteiger partial charge < -0.3 is 0 Å². The summed E-state index contributed by atoms with van der Waals surface area (Å²) in [5.41, 5.74) is 15.4. The summed E-state index contributed by atoms with van der Waals surface area (Å²) in [5.74, 6) is 0. The normalized spacial score (nSPS) is 9.46. The van der Waals surface area contributed by atoms with Crippen LogP contribution in [0.15, 0.2) is 177 Å². The van der Waals surface area contributed by atoms with Crippen LogP contribution < -0.4 is 0 Å². The van der Waals surface area contributed by atoms with Gasteiger partial charge >= 0.3 is 0 Å². The first-order valence-corrected chi connectivity index (χ1v) is 38.4. The van der Waals surface area contributed by atoms with E-state index in [1.54, 1.807) is 34.8 Å². The molecule has 0 aliphatic carbocycles. The monoisotopic (exact) mass is 1350 g/mol. The molecule has 0 saturated carbocycles. The van der Waals surface area contributed by atoms with Crippen molar-refractivity contribution in [2.45, 2.75) is 173 Å². The van der Waals surface area contributed by atoms with Crippen molar-refractivity contribution < 1.29 is 4.92 Å². The van der Waals surface area contributed by atoms with E-state index in [2.05, 4.69) is 224 Å². The molecule has 7 aromatic carbocycles. The molecule has 488 valence electrons. The topological polar surface area (TPSA) is 43.1 Å². The van der Waals surface area contributed by atoms with E-state index in [4.69, 9.17) is 0 Å². The Bertz CT molecular complexity index is 4050. The summed E-state index contributed by atoms with van der Waals surface area (Å²) in [7, 11) is 0. The average molecular weight is 1350 g/mol. The fourth-order valence-electron chi connectivity index (χ4n) is 8.82. The molecule has 0 saturated heterocycles. The lowest BCUT2D eigenvalue weighted by atomic mass is 10.1. The minimum Gasteiger partial charge on any atom is -0.258 e. The summed E-state index contributed by atoms with van der Waals surface area (Å²) in [6, 6.07) is 48.6. The van der Waals surface area contributed by atoms with Crippen molar-refractivity contribution in [1.29, 1.82) is 0 Å². The van der Waals surface area contributed by atoms with Gasteiger partial charge in [0.05, 0.1) is 4.92 Å². The summed E-state index contributed by atoms with van der Waals surface area (Å²) in [4.78, 5) is 10.00. The van der Waals surface area contributed by atoms with Crippen molar-refractivity contribution in [1.82, 2.24) is 0 Å². The molecule has 0 aliphatic rings. The largest absolute Gasteiger partial charge is 0.270 e. The highest BCUT2D eigenvalue weighted by atomic mass is 32.1. The zero-order chi connectivity index (χ0) is 68.8. The molecule has 14 aromatic rings. The van der Waals surface area contributed by atoms with Gasteiger partial charge in [0, 0.05) is 45.0 Å². The zero-order valence-electron chi connectivity index (χ0n) is 59.4. The van der Waals surface area contributed by atoms with Crippen molar-refractivity contribution in [3.63, 3.8) is 0 Å². The Kier molecular flexibility index (Phi) is 41.7. The summed E-state index contributed by atoms with van der Waals surface area (Å²) < 4.78 is 9.52. The highest BCUT2D eigenvalue weighted by Gasteiger charge is 2.06. The first kappa shape index (κ1) is 82.7. The Morgan fingerprint density at radius 1 is 0.264 bits per heavy atom. The second kappa shape index (κ2) is 45.8. The number of aryl methyl sites for hydroxylation is 11. The maximum Gasteiger partial charge on any atom is 0.270 e. The Labute approximate surface area is 577 Å². The van der Waals surface area contributed by atoms with E-state index in [1.807, 2.05) is 165 Å². The predicted octanol–water partition coefficient (Wildman–Crippen LogP) is 30.8. The van der Waals surface area contributed by atoms with Crippen LogP contribution in [0.4, 0.5) is 5.69 Å². The molecule has 0 unspecified atom stereocenters. The first-order valence-electron chi connectivity index (χ1n) is 32.3. The van der Waals surface area contributed by atoms with Crippen LogP contribution in [0.25, 0.3) is 70.6 Å². The number of thiophene rings is 7. The summed E-state index contributed by atoms with van der Waals surface area (Å²) >= 11 is 12.5. The first-order chi connectivity index (χ1) is 44.0. The Hall–Kier alpha value is -6.34. The van der Waals surface area contributed by atoms with Crippen LogP contribution in [0.2, 0.25) is 0 Å². The van der Waals surface area contributed by atoms with Crippen LogP contribution >= 0.6 is 79.4 Å². The molecule has 91 heavy (non-hydrogen) atoms. The zero-order valence-corrected chi connectivity index (χ0v) is 65.2. The van der Waals surface area contributed by atoms with Crippen molar-refractivity contribution in [3.05, 3.63) is 248 Å². The fraction of sp³-hybridized carbons (Fsp3) is 0.309. The molecule has 10 heteroatoms. The lowest BCUT2D eigenvalue weighted by Gasteiger charge is -1.99. The molecule has 0 atom stereocenters. The molecule has 7 heterocycles. The van der Waals surface area contributed by atoms with Crippen LogP contribution in [0.1, 0.15) is 158 Å². The molecule has 0 fully saturated rings. The van der Waals surface area contributed by atoms with E-state index >= 15 is 0 Å². The van der Waals surface area contributed by atoms with Crippen molar-refractivity contribution in [2.24, 2.45) is 0 Å². The van der Waals surface area contributed by atoms with Gasteiger partial charge in [0.15, 0.2) is 0 Å². The number of non-ortho nitro benzene ring substituents is 1. The molecule has 14 rings (SSSR count). The van der Waals surface area contributed by atoms with Gasteiger partial charge in [0.1, 0.15) is 0 Å². The minimum absolute atomic E-state index is 0.154. The second-order valence-corrected chi connectivity index (χ2v) is 25.8. The van der Waals surface area contributed by atoms with Gasteiger partial charge in [-0.25, -0.2) is 0 Å². The van der Waals surface area contributed by atoms with Crippen LogP contribution in [0.3, 0.4) is 0 Å². The molecular weight excluding hydrogens is 1240 g/mol. The number of hydrogen-bond acceptors (Lipinski definition) is 9. The van der Waals surface area contributed by atoms with Gasteiger partial charge in [-0.3, -0.25) is 10.1 Å². The lowest BCUT2D eigenvalue weighted by molar-refractivity contribution is -0.384. The third kappa shape index (κ3) is 25.6. The minimum atomic E-state index is -0.378. The van der Waals surface area contributed by atoms with E-state index in [0.717, 1.165) is 10.1 Å². The van der Waals surface area contributed by atoms with Crippen LogP contribution in [-0.2, 0) is 0 Å². The van der Waals surface area contributed by atoms with Crippen molar-refractivity contribution in [2.75, 3.05) is 0 Å². The van der Waals surface area contributed by atoms with E-state index < -0.39 is 0 Å². The Balaban J connectivity index is 0.000000514. The van der Waals surface area contributed by atoms with E-state index in [-0.39, 0.29) is 10.6 Å². The molecular formula is C81H105NO2S7. The number of rotatable bonds is 1. The van der Waals surface area contributed by atoms with Crippen LogP contribution in [0.5, 0.6) is 0 Å². The molecule has 0 aliphatic heterocycles. The number of hydrogen-bond donors (Lipinski definition) is 0. The third-order valence-electron chi connectivity index (χ3n) is 13.4. The highest BCUT2D eigenvalue weighted by molar-refractivity contribution is 7.19. The maximum atomic E-state index is 10.4. The highest BCUT2D eigenvalue weighted by Crippen LogP contribution is 2.30. The molecule has 0 spiro atoms. The van der Waals surface area contributed by atoms with Gasteiger partial charge in [-0.1, -0.05) is 163 Å². The summed E-state index contributed by atoms with van der Waals surface area (Å²) in [6.07, 6.45) is 0. The number of nitro benzene ring substituents is 1. The Morgan fingerprint density at radius 2 is 0.670 bits per heavy atom. The summed E-state index contributed by atoms with van der Waals surface area (Å²) in [5, 5.41) is 34.4. The van der Waals surface area contributed by atoms with Gasteiger partial charge in [0.25, 0.3) is 5.69 Å². The number of nitrogens with zero attached hydrogens (tertiary/aromatic N) is 1. The second-order valence-electron chi connectivity index (χ2n) is 19.3. The molecule has 0 radical (unpaired) electrons. The molecule has 3 nitrogen and oxygen atoms in total. The number of nitro groups is 1. The van der Waals surface area contributed by atoms with E-state index in [1.165, 1.54) is 128 Å². The van der Waals surface area contributed by atoms with Gasteiger partial charge in [-0.2, -0.15) is 0 Å². The van der Waals surface area contributed by atoms with Gasteiger partial charge in [0.2, 0.25) is 0 Å². The van der Waals surface area contributed by atoms with Crippen molar-refractivity contribution in [3.8, 4) is 0 Å². The number of fused-ring (bicyclic) bond motifs is 7. The van der Waals surface area contributed by atoms with E-state index in [0.29, 0.717) is 0 Å². The molecule has 7 aromatic heterocycles. The van der Waals surface area contributed by atoms with Crippen molar-refractivity contribution >= 4 is 156 Å². The van der Waals surface area contributed by atoms with Gasteiger partial charge in [-0.05, 0) is 274 Å². The average Bonchev–Trinajstić information content (AvgIpc) is 2.38. The van der Waals surface area contributed by atoms with Gasteiger partial charge in [-0.15, -0.1) is 79.4 Å². The third-order valence-corrected chi connectivity index (χ3v) is 20.0. The molecule has 0 N–H and O–H groups in total. The SMILES string of the molecule is CC.CC.CC.CC.CC.CC.CC.Cc1cc(C)c2ccsc2c1.Cc1cc(C)c2sccc2c1.Cc1cc2ccsc2cc1C.Cc1ccc2ccsc2c1C.Cc1ccc2sccc2c1.Cc1ccc2sccc2c1C.O=[N+]([O-])c1ccc2sccc2c1. The standard InChI is InChI=1S/5C10H10S.C9H8S.C8H5NO2S.7C2H6/c1-7-5-9-3-4-11-10(9)6-8(7)2;1-7-5-8(2)9-3-4-11-10(9)6-7;1-7-5-8(2)10-9(6-7)3-4-11-10;1-7-3-4-10-9(8(7)2)5-6-11-10;1-7-3-4-9-5-6-11-10(9)8(7)2;1-7-2-3-9-8(6-7)4-5-10-9;10-9(11)7-1-2-8-6(5-7)3-4-12-8;7*1-2/h5*3-6H,1-2H3;2-6H,1H3;1-5H;7*1-2H3. The molecule has 0 amide bonds. The molecule has 0 bridgehead atoms. The predicted molar refractivity (Wildman–Crippen MR) is 431 cm³/mol. The van der Waals surface area contributed by atoms with Crippen LogP contribution in [0, 0.1) is 86.3 Å². The number of benzene rings is 7. The fourth-order valence-corrected chi connectivity index (χ4v) is 14.9. The summed E-state index contributed by atoms with van der Waals surface area (Å²) in [6.45, 7) is 51.8. The van der Waals surface area contributed by atoms with Crippen LogP contribution in [-0.4, -0.2) is 4.92 Å². The smallest absolute Gasteiger partial charge is 0.258 e. The lowest BCUT2D eigenvalue weighted by Crippen LogP contribution is -1.85.